The third-order valence-electron chi connectivity index (χ3n) is 4.06. The topological polar surface area (TPSA) is 49.4 Å². The van der Waals surface area contributed by atoms with Crippen LogP contribution >= 0.6 is 27.5 Å². The Bertz CT molecular complexity index is 767. The molecule has 0 spiro atoms. The van der Waals surface area contributed by atoms with E-state index in [1.54, 1.807) is 35.2 Å². The molecule has 2 amide bonds. The van der Waals surface area contributed by atoms with E-state index in [1.165, 1.54) is 0 Å². The molecule has 0 bridgehead atoms. The molecule has 0 radical (unpaired) electrons. The van der Waals surface area contributed by atoms with Gasteiger partial charge in [0, 0.05) is 28.1 Å². The van der Waals surface area contributed by atoms with Crippen LogP contribution in [0.5, 0.6) is 0 Å². The third kappa shape index (κ3) is 3.79. The van der Waals surface area contributed by atoms with Crippen molar-refractivity contribution in [1.29, 1.82) is 0 Å². The molecule has 4 nitrogen and oxygen atoms in total. The van der Waals surface area contributed by atoms with Crippen molar-refractivity contribution in [2.24, 2.45) is 5.92 Å². The van der Waals surface area contributed by atoms with Crippen LogP contribution in [-0.2, 0) is 4.79 Å². The van der Waals surface area contributed by atoms with Crippen molar-refractivity contribution in [3.63, 3.8) is 0 Å². The second-order valence-electron chi connectivity index (χ2n) is 5.72. The third-order valence-corrected chi connectivity index (χ3v) is 4.95. The maximum absolute atomic E-state index is 12.5. The molecule has 3 rings (SSSR count). The summed E-state index contributed by atoms with van der Waals surface area (Å²) in [6.45, 7) is 1.03. The van der Waals surface area contributed by atoms with Crippen molar-refractivity contribution >= 4 is 45.0 Å². The molecule has 124 valence electrons. The highest BCUT2D eigenvalue weighted by Crippen LogP contribution is 2.27. The number of halogens is 2. The lowest BCUT2D eigenvalue weighted by Gasteiger charge is -2.17. The van der Waals surface area contributed by atoms with Crippen LogP contribution < -0.4 is 5.32 Å². The molecule has 24 heavy (non-hydrogen) atoms. The van der Waals surface area contributed by atoms with E-state index < -0.39 is 0 Å². The number of carbonyl (C=O) groups excluding carboxylic acids is 2. The first-order valence-electron chi connectivity index (χ1n) is 7.65. The molecule has 1 atom stereocenters. The number of carbonyl (C=O) groups is 2. The predicted molar refractivity (Wildman–Crippen MR) is 98.2 cm³/mol. The second-order valence-corrected chi connectivity index (χ2v) is 7.01. The molecule has 6 heteroatoms. The molecular weight excluding hydrogens is 392 g/mol. The lowest BCUT2D eigenvalue weighted by Crippen LogP contribution is -2.31. The van der Waals surface area contributed by atoms with E-state index in [9.17, 15) is 9.59 Å². The smallest absolute Gasteiger partial charge is 0.253 e. The Kier molecular flexibility index (Phi) is 5.21. The second kappa shape index (κ2) is 7.36. The molecule has 1 fully saturated rings. The van der Waals surface area contributed by atoms with E-state index in [2.05, 4.69) is 21.2 Å². The van der Waals surface area contributed by atoms with Gasteiger partial charge in [-0.2, -0.15) is 0 Å². The molecule has 1 saturated heterocycles. The monoisotopic (exact) mass is 406 g/mol. The van der Waals surface area contributed by atoms with E-state index in [-0.39, 0.29) is 17.7 Å². The summed E-state index contributed by atoms with van der Waals surface area (Å²) in [6.07, 6.45) is 0.662. The van der Waals surface area contributed by atoms with Crippen LogP contribution in [0.3, 0.4) is 0 Å². The van der Waals surface area contributed by atoms with E-state index in [4.69, 9.17) is 11.6 Å². The van der Waals surface area contributed by atoms with Crippen molar-refractivity contribution in [2.45, 2.75) is 6.42 Å². The van der Waals surface area contributed by atoms with Gasteiger partial charge in [-0.05, 0) is 52.7 Å². The van der Waals surface area contributed by atoms with E-state index in [0.29, 0.717) is 35.8 Å². The summed E-state index contributed by atoms with van der Waals surface area (Å²) >= 11 is 9.29. The highest BCUT2D eigenvalue weighted by molar-refractivity contribution is 9.10. The van der Waals surface area contributed by atoms with Crippen LogP contribution in [0.25, 0.3) is 0 Å². The Balaban J connectivity index is 1.63. The van der Waals surface area contributed by atoms with Crippen molar-refractivity contribution in [2.75, 3.05) is 18.4 Å². The molecule has 2 aromatic rings. The average Bonchev–Trinajstić information content (AvgIpc) is 3.07. The van der Waals surface area contributed by atoms with Gasteiger partial charge in [-0.15, -0.1) is 0 Å². The van der Waals surface area contributed by atoms with Crippen LogP contribution in [0.2, 0.25) is 5.02 Å². The number of rotatable bonds is 3. The highest BCUT2D eigenvalue weighted by atomic mass is 79.9. The number of likely N-dealkylation sites (tertiary alicyclic amines) is 1. The first-order chi connectivity index (χ1) is 11.5. The van der Waals surface area contributed by atoms with Crippen LogP contribution in [0.15, 0.2) is 53.0 Å². The van der Waals surface area contributed by atoms with E-state index in [0.717, 1.165) is 4.47 Å². The normalized spacial score (nSPS) is 16.9. The summed E-state index contributed by atoms with van der Waals surface area (Å²) in [5, 5.41) is 3.49. The zero-order valence-corrected chi connectivity index (χ0v) is 15.2. The lowest BCUT2D eigenvalue weighted by atomic mass is 10.1. The van der Waals surface area contributed by atoms with Gasteiger partial charge < -0.3 is 10.2 Å². The Hall–Kier alpha value is -1.85. The number of hydrogen-bond acceptors (Lipinski definition) is 2. The van der Waals surface area contributed by atoms with Gasteiger partial charge in [0.2, 0.25) is 5.91 Å². The zero-order valence-electron chi connectivity index (χ0n) is 12.8. The molecular formula is C18H16BrClN2O2. The Morgan fingerprint density at radius 1 is 1.17 bits per heavy atom. The van der Waals surface area contributed by atoms with Crippen LogP contribution in [0.1, 0.15) is 16.8 Å². The molecule has 0 saturated carbocycles. The van der Waals surface area contributed by atoms with Gasteiger partial charge >= 0.3 is 0 Å². The first kappa shape index (κ1) is 17.0. The van der Waals surface area contributed by atoms with Gasteiger partial charge in [0.05, 0.1) is 11.6 Å². The van der Waals surface area contributed by atoms with Gasteiger partial charge in [-0.25, -0.2) is 0 Å². The molecule has 2 aromatic carbocycles. The standard InChI is InChI=1S/C18H16BrClN2O2/c19-15-10-14(20)6-7-16(15)21-17(23)13-8-9-22(11-13)18(24)12-4-2-1-3-5-12/h1-7,10,13H,8-9,11H2,(H,21,23). The van der Waals surface area contributed by atoms with Crippen LogP contribution in [-0.4, -0.2) is 29.8 Å². The Morgan fingerprint density at radius 3 is 2.62 bits per heavy atom. The quantitative estimate of drug-likeness (QED) is 0.829. The summed E-state index contributed by atoms with van der Waals surface area (Å²) in [7, 11) is 0. The summed E-state index contributed by atoms with van der Waals surface area (Å²) < 4.78 is 0.735. The van der Waals surface area contributed by atoms with Crippen molar-refractivity contribution in [3.05, 3.63) is 63.6 Å². The molecule has 0 aliphatic carbocycles. The maximum atomic E-state index is 12.5. The van der Waals surface area contributed by atoms with Crippen LogP contribution in [0.4, 0.5) is 5.69 Å². The number of nitrogens with zero attached hydrogens (tertiary/aromatic N) is 1. The fourth-order valence-electron chi connectivity index (χ4n) is 2.75. The molecule has 0 aromatic heterocycles. The van der Waals surface area contributed by atoms with Gasteiger partial charge in [0.25, 0.3) is 5.91 Å². The van der Waals surface area contributed by atoms with Crippen LogP contribution in [0, 0.1) is 5.92 Å². The average molecular weight is 408 g/mol. The van der Waals surface area contributed by atoms with E-state index in [1.807, 2.05) is 18.2 Å². The predicted octanol–water partition coefficient (Wildman–Crippen LogP) is 4.20. The SMILES string of the molecule is O=C(Nc1ccc(Cl)cc1Br)C1CCN(C(=O)c2ccccc2)C1. The van der Waals surface area contributed by atoms with Crippen molar-refractivity contribution in [3.8, 4) is 0 Å². The summed E-state index contributed by atoms with van der Waals surface area (Å²) in [4.78, 5) is 26.6. The lowest BCUT2D eigenvalue weighted by molar-refractivity contribution is -0.119. The highest BCUT2D eigenvalue weighted by Gasteiger charge is 2.31. The minimum Gasteiger partial charge on any atom is -0.338 e. The summed E-state index contributed by atoms with van der Waals surface area (Å²) in [5.74, 6) is -0.319. The first-order valence-corrected chi connectivity index (χ1v) is 8.82. The van der Waals surface area contributed by atoms with Crippen molar-refractivity contribution < 1.29 is 9.59 Å². The molecule has 1 unspecified atom stereocenters. The molecule has 1 N–H and O–H groups in total. The Labute approximate surface area is 153 Å². The summed E-state index contributed by atoms with van der Waals surface area (Å²) in [5.41, 5.74) is 1.33. The number of benzene rings is 2. The maximum Gasteiger partial charge on any atom is 0.253 e. The number of nitrogens with one attached hydrogen (secondary N) is 1. The Morgan fingerprint density at radius 2 is 1.92 bits per heavy atom. The fourth-order valence-corrected chi connectivity index (χ4v) is 3.53. The largest absolute Gasteiger partial charge is 0.338 e. The molecule has 1 aliphatic rings. The van der Waals surface area contributed by atoms with Gasteiger partial charge in [-0.3, -0.25) is 9.59 Å². The summed E-state index contributed by atoms with van der Waals surface area (Å²) in [6, 6.07) is 14.4. The fraction of sp³-hybridized carbons (Fsp3) is 0.222. The zero-order chi connectivity index (χ0) is 17.1. The van der Waals surface area contributed by atoms with Gasteiger partial charge in [0.1, 0.15) is 0 Å². The number of amides is 2. The number of hydrogen-bond donors (Lipinski definition) is 1. The van der Waals surface area contributed by atoms with Gasteiger partial charge in [0.15, 0.2) is 0 Å². The molecule has 1 aliphatic heterocycles. The van der Waals surface area contributed by atoms with Gasteiger partial charge in [-0.1, -0.05) is 29.8 Å². The minimum absolute atomic E-state index is 0.0291. The van der Waals surface area contributed by atoms with Crippen molar-refractivity contribution in [1.82, 2.24) is 4.90 Å². The molecule has 1 heterocycles. The van der Waals surface area contributed by atoms with E-state index >= 15 is 0 Å². The minimum atomic E-state index is -0.208. The number of anilines is 1.